The Labute approximate surface area is 185 Å². The number of benzene rings is 1. The van der Waals surface area contributed by atoms with Crippen LogP contribution in [-0.2, 0) is 16.6 Å². The Kier molecular flexibility index (Phi) is 4.49. The van der Waals surface area contributed by atoms with E-state index < -0.39 is 48.1 Å². The molecule has 3 heterocycles. The fourth-order valence-corrected chi connectivity index (χ4v) is 6.90. The van der Waals surface area contributed by atoms with E-state index in [-0.39, 0.29) is 24.3 Å². The van der Waals surface area contributed by atoms with Crippen molar-refractivity contribution in [2.24, 2.45) is 5.92 Å². The molecule has 5 aliphatic rings. The van der Waals surface area contributed by atoms with Gasteiger partial charge in [-0.3, -0.25) is 0 Å². The van der Waals surface area contributed by atoms with Crippen LogP contribution in [0.2, 0.25) is 0 Å². The molecule has 1 aromatic carbocycles. The minimum absolute atomic E-state index is 0.101. The molecular formula is C23H29NO8. The third-order valence-electron chi connectivity index (χ3n) is 8.48. The lowest BCUT2D eigenvalue weighted by atomic mass is 9.53. The van der Waals surface area contributed by atoms with Crippen LogP contribution in [0.25, 0.3) is 0 Å². The van der Waals surface area contributed by atoms with Crippen LogP contribution >= 0.6 is 0 Å². The van der Waals surface area contributed by atoms with E-state index in [0.29, 0.717) is 17.7 Å². The maximum atomic E-state index is 11.3. The molecule has 1 aromatic rings. The van der Waals surface area contributed by atoms with Gasteiger partial charge in [0.2, 0.25) is 0 Å². The highest BCUT2D eigenvalue weighted by molar-refractivity contribution is 5.64. The zero-order valence-electron chi connectivity index (χ0n) is 17.7. The standard InChI is InChI=1S/C23H29NO8/c1-24-5-4-23-11-2-3-13(25)22(23)32-20-14(26)7-10(9(16(20)23)6-12(11)24)17(28)21-19(30)18(29)15(27)8-31-21/h2-3,7,11-13,15,17-19,21-22,25-30H,4-6,8H2,1H3/t11-,12+,13-,15-,17?,18+,19-,21+,22-,23-/m0/s1. The Hall–Kier alpha value is -1.72. The molecule has 32 heavy (non-hydrogen) atoms. The average Bonchev–Trinajstić information content (AvgIpc) is 3.12. The van der Waals surface area contributed by atoms with Gasteiger partial charge in [0, 0.05) is 22.9 Å². The van der Waals surface area contributed by atoms with E-state index in [4.69, 9.17) is 9.47 Å². The lowest BCUT2D eigenvalue weighted by Gasteiger charge is -2.56. The normalized spacial score (nSPS) is 45.3. The summed E-state index contributed by atoms with van der Waals surface area (Å²) >= 11 is 0. The summed E-state index contributed by atoms with van der Waals surface area (Å²) < 4.78 is 11.7. The molecule has 0 radical (unpaired) electrons. The van der Waals surface area contributed by atoms with E-state index >= 15 is 0 Å². The number of phenols is 1. The molecule has 10 atom stereocenters. The minimum atomic E-state index is -1.49. The smallest absolute Gasteiger partial charge is 0.165 e. The van der Waals surface area contributed by atoms with Crippen LogP contribution in [0.4, 0.5) is 0 Å². The average molecular weight is 447 g/mol. The number of likely N-dealkylation sites (tertiary alicyclic amines) is 1. The van der Waals surface area contributed by atoms with Gasteiger partial charge in [0.05, 0.1) is 6.61 Å². The number of rotatable bonds is 2. The molecule has 2 bridgehead atoms. The number of ether oxygens (including phenoxy) is 2. The van der Waals surface area contributed by atoms with Crippen molar-refractivity contribution >= 4 is 0 Å². The molecule has 3 aliphatic heterocycles. The van der Waals surface area contributed by atoms with Gasteiger partial charge in [-0.1, -0.05) is 12.2 Å². The van der Waals surface area contributed by atoms with Crippen molar-refractivity contribution in [2.75, 3.05) is 20.2 Å². The first-order valence-electron chi connectivity index (χ1n) is 11.2. The highest BCUT2D eigenvalue weighted by Crippen LogP contribution is 2.63. The third kappa shape index (κ3) is 2.47. The molecule has 1 unspecified atom stereocenters. The Morgan fingerprint density at radius 1 is 1.16 bits per heavy atom. The van der Waals surface area contributed by atoms with Crippen LogP contribution in [0.5, 0.6) is 11.5 Å². The number of hydrogen-bond donors (Lipinski definition) is 6. The first-order chi connectivity index (χ1) is 15.3. The maximum absolute atomic E-state index is 11.3. The molecular weight excluding hydrogens is 418 g/mol. The topological polar surface area (TPSA) is 143 Å². The van der Waals surface area contributed by atoms with Crippen molar-refractivity contribution in [3.8, 4) is 11.5 Å². The van der Waals surface area contributed by atoms with Gasteiger partial charge in [-0.2, -0.15) is 0 Å². The van der Waals surface area contributed by atoms with Crippen LogP contribution in [-0.4, -0.2) is 98.4 Å². The summed E-state index contributed by atoms with van der Waals surface area (Å²) in [5.41, 5.74) is 1.57. The summed E-state index contributed by atoms with van der Waals surface area (Å²) in [5, 5.41) is 63.3. The third-order valence-corrected chi connectivity index (χ3v) is 8.48. The van der Waals surface area contributed by atoms with Crippen molar-refractivity contribution in [3.05, 3.63) is 34.9 Å². The monoisotopic (exact) mass is 447 g/mol. The molecule has 9 heteroatoms. The molecule has 2 saturated heterocycles. The van der Waals surface area contributed by atoms with Crippen LogP contribution < -0.4 is 4.74 Å². The molecule has 6 N–H and O–H groups in total. The largest absolute Gasteiger partial charge is 0.504 e. The second-order valence-corrected chi connectivity index (χ2v) is 9.94. The summed E-state index contributed by atoms with van der Waals surface area (Å²) in [6, 6.07) is 1.56. The van der Waals surface area contributed by atoms with Crippen molar-refractivity contribution < 1.29 is 40.1 Å². The SMILES string of the molecule is CN1CC[C@]23c4c5c(C(O)[C@H]6OC[C@H](O)[C@@H](O)[C@@H]6O)cc(O)c4O[C@H]2[C@@H](O)C=C[C@H]3[C@H]1C5. The molecule has 2 aliphatic carbocycles. The maximum Gasteiger partial charge on any atom is 0.165 e. The van der Waals surface area contributed by atoms with Gasteiger partial charge >= 0.3 is 0 Å². The first-order valence-corrected chi connectivity index (χ1v) is 11.2. The molecule has 2 fully saturated rings. The summed E-state index contributed by atoms with van der Waals surface area (Å²) in [4.78, 5) is 2.28. The minimum Gasteiger partial charge on any atom is -0.504 e. The summed E-state index contributed by atoms with van der Waals surface area (Å²) in [7, 11) is 2.06. The number of hydrogen-bond acceptors (Lipinski definition) is 9. The lowest BCUT2D eigenvalue weighted by molar-refractivity contribution is -0.212. The second kappa shape index (κ2) is 6.89. The zero-order chi connectivity index (χ0) is 22.5. The van der Waals surface area contributed by atoms with Gasteiger partial charge in [-0.15, -0.1) is 0 Å². The quantitative estimate of drug-likeness (QED) is 0.305. The van der Waals surface area contributed by atoms with Crippen LogP contribution in [0.1, 0.15) is 29.2 Å². The van der Waals surface area contributed by atoms with Gasteiger partial charge in [-0.25, -0.2) is 0 Å². The predicted molar refractivity (Wildman–Crippen MR) is 110 cm³/mol. The molecule has 1 spiro atoms. The van der Waals surface area contributed by atoms with E-state index in [1.54, 1.807) is 6.08 Å². The number of phenolic OH excluding ortho intramolecular Hbond substituents is 1. The molecule has 9 nitrogen and oxygen atoms in total. The van der Waals surface area contributed by atoms with Gasteiger partial charge in [0.1, 0.15) is 42.7 Å². The Morgan fingerprint density at radius 2 is 1.94 bits per heavy atom. The van der Waals surface area contributed by atoms with Crippen molar-refractivity contribution in [3.63, 3.8) is 0 Å². The Balaban J connectivity index is 1.51. The van der Waals surface area contributed by atoms with Crippen LogP contribution in [0.3, 0.4) is 0 Å². The molecule has 6 rings (SSSR count). The number of likely N-dealkylation sites (N-methyl/N-ethyl adjacent to an activating group) is 1. The van der Waals surface area contributed by atoms with E-state index in [2.05, 4.69) is 18.0 Å². The fraction of sp³-hybridized carbons (Fsp3) is 0.652. The molecule has 0 amide bonds. The van der Waals surface area contributed by atoms with Gasteiger partial charge in [0.15, 0.2) is 11.5 Å². The van der Waals surface area contributed by atoms with Gasteiger partial charge < -0.3 is 45.0 Å². The van der Waals surface area contributed by atoms with E-state index in [1.165, 1.54) is 6.07 Å². The highest BCUT2D eigenvalue weighted by Gasteiger charge is 2.64. The Bertz CT molecular complexity index is 983. The second-order valence-electron chi connectivity index (χ2n) is 9.94. The molecule has 0 aromatic heterocycles. The van der Waals surface area contributed by atoms with Crippen molar-refractivity contribution in [1.29, 1.82) is 0 Å². The van der Waals surface area contributed by atoms with E-state index in [0.717, 1.165) is 24.1 Å². The zero-order valence-corrected chi connectivity index (χ0v) is 17.7. The predicted octanol–water partition coefficient (Wildman–Crippen LogP) is -1.29. The summed E-state index contributed by atoms with van der Waals surface area (Å²) in [6.07, 6.45) is -2.80. The number of piperidine rings is 1. The number of aliphatic hydroxyl groups excluding tert-OH is 5. The fourth-order valence-electron chi connectivity index (χ4n) is 6.90. The van der Waals surface area contributed by atoms with Gasteiger partial charge in [0.25, 0.3) is 0 Å². The number of aromatic hydroxyl groups is 1. The van der Waals surface area contributed by atoms with Crippen LogP contribution in [0.15, 0.2) is 18.2 Å². The van der Waals surface area contributed by atoms with Crippen molar-refractivity contribution in [1.82, 2.24) is 4.90 Å². The molecule has 0 saturated carbocycles. The first kappa shape index (κ1) is 20.9. The number of aliphatic hydroxyl groups is 5. The van der Waals surface area contributed by atoms with E-state index in [9.17, 15) is 30.6 Å². The van der Waals surface area contributed by atoms with E-state index in [1.807, 2.05) is 0 Å². The lowest BCUT2D eigenvalue weighted by Crippen LogP contribution is -2.65. The Morgan fingerprint density at radius 3 is 2.72 bits per heavy atom. The molecule has 174 valence electrons. The number of nitrogens with zero attached hydrogens (tertiary/aromatic N) is 1. The highest BCUT2D eigenvalue weighted by atomic mass is 16.5. The van der Waals surface area contributed by atoms with Crippen molar-refractivity contribution in [2.45, 2.75) is 67.0 Å². The van der Waals surface area contributed by atoms with Crippen LogP contribution in [0, 0.1) is 5.92 Å². The van der Waals surface area contributed by atoms with Gasteiger partial charge in [-0.05, 0) is 43.6 Å². The summed E-state index contributed by atoms with van der Waals surface area (Å²) in [6.45, 7) is 0.605. The summed E-state index contributed by atoms with van der Waals surface area (Å²) in [5.74, 6) is 0.330.